The standard InChI is InChI=1S/C13H19N3O2S/c1-8-10-6-11(14-7-12(10)18-15-8)9(2)16-19(17)13(3,4)5/h6-7,9,16H,1-5H3/t9-,19-/m1/s1. The lowest BCUT2D eigenvalue weighted by atomic mass is 10.1. The van der Waals surface area contributed by atoms with Crippen LogP contribution in [0.2, 0.25) is 0 Å². The van der Waals surface area contributed by atoms with Gasteiger partial charge in [-0.1, -0.05) is 5.16 Å². The van der Waals surface area contributed by atoms with E-state index in [0.717, 1.165) is 16.8 Å². The Labute approximate surface area is 116 Å². The predicted octanol–water partition coefficient (Wildman–Crippen LogP) is 2.64. The second-order valence-electron chi connectivity index (χ2n) is 5.59. The smallest absolute Gasteiger partial charge is 0.185 e. The van der Waals surface area contributed by atoms with Gasteiger partial charge in [0.25, 0.3) is 0 Å². The van der Waals surface area contributed by atoms with Crippen molar-refractivity contribution >= 4 is 22.3 Å². The van der Waals surface area contributed by atoms with E-state index in [1.165, 1.54) is 0 Å². The summed E-state index contributed by atoms with van der Waals surface area (Å²) in [6.07, 6.45) is 1.66. The van der Waals surface area contributed by atoms with Gasteiger partial charge in [0, 0.05) is 16.7 Å². The van der Waals surface area contributed by atoms with Crippen molar-refractivity contribution in [3.8, 4) is 0 Å². The maximum Gasteiger partial charge on any atom is 0.185 e. The summed E-state index contributed by atoms with van der Waals surface area (Å²) in [7, 11) is 0. The van der Waals surface area contributed by atoms with Gasteiger partial charge in [-0.2, -0.15) is 0 Å². The number of rotatable bonds is 3. The first-order valence-corrected chi connectivity index (χ1v) is 7.34. The van der Waals surface area contributed by atoms with Gasteiger partial charge in [-0.15, -0.1) is 4.72 Å². The van der Waals surface area contributed by atoms with Gasteiger partial charge < -0.3 is 9.08 Å². The van der Waals surface area contributed by atoms with E-state index in [1.807, 2.05) is 40.7 Å². The summed E-state index contributed by atoms with van der Waals surface area (Å²) in [5.41, 5.74) is 2.34. The Balaban J connectivity index is 2.21. The number of nitrogens with one attached hydrogen (secondary N) is 1. The van der Waals surface area contributed by atoms with Crippen molar-refractivity contribution in [1.29, 1.82) is 0 Å². The Bertz CT molecular complexity index is 577. The van der Waals surface area contributed by atoms with Crippen LogP contribution in [0.15, 0.2) is 16.8 Å². The molecule has 104 valence electrons. The number of hydrogen-bond acceptors (Lipinski definition) is 5. The monoisotopic (exact) mass is 281 g/mol. The van der Waals surface area contributed by atoms with Crippen LogP contribution in [0.4, 0.5) is 0 Å². The van der Waals surface area contributed by atoms with Crippen LogP contribution in [-0.4, -0.2) is 19.4 Å². The van der Waals surface area contributed by atoms with Gasteiger partial charge in [-0.05, 0) is 40.7 Å². The summed E-state index contributed by atoms with van der Waals surface area (Å²) in [5.74, 6) is 0. The van der Waals surface area contributed by atoms with Crippen LogP contribution >= 0.6 is 0 Å². The van der Waals surface area contributed by atoms with Gasteiger partial charge in [-0.25, -0.2) is 0 Å². The second kappa shape index (κ2) is 5.11. The van der Waals surface area contributed by atoms with Crippen LogP contribution in [0.1, 0.15) is 45.1 Å². The number of fused-ring (bicyclic) bond motifs is 1. The molecule has 0 saturated heterocycles. The van der Waals surface area contributed by atoms with Crippen LogP contribution in [-0.2, 0) is 11.4 Å². The quantitative estimate of drug-likeness (QED) is 0.875. The molecule has 19 heavy (non-hydrogen) atoms. The number of aryl methyl sites for hydroxylation is 1. The van der Waals surface area contributed by atoms with Crippen molar-refractivity contribution in [3.63, 3.8) is 0 Å². The summed E-state index contributed by atoms with van der Waals surface area (Å²) in [6, 6.07) is 1.83. The van der Waals surface area contributed by atoms with Crippen molar-refractivity contribution in [3.05, 3.63) is 23.7 Å². The Kier molecular flexibility index (Phi) is 3.85. The molecule has 0 aliphatic heterocycles. The van der Waals surface area contributed by atoms with Gasteiger partial charge in [0.2, 0.25) is 0 Å². The van der Waals surface area contributed by atoms with Crippen molar-refractivity contribution in [2.24, 2.45) is 0 Å². The second-order valence-corrected chi connectivity index (χ2v) is 7.59. The van der Waals surface area contributed by atoms with Gasteiger partial charge in [-0.3, -0.25) is 4.98 Å². The predicted molar refractivity (Wildman–Crippen MR) is 76.0 cm³/mol. The molecule has 0 radical (unpaired) electrons. The van der Waals surface area contributed by atoms with Crippen LogP contribution in [0.3, 0.4) is 0 Å². The molecule has 2 aromatic rings. The molecule has 0 fully saturated rings. The maximum absolute atomic E-state index is 12.1. The van der Waals surface area contributed by atoms with Crippen LogP contribution in [0.25, 0.3) is 11.0 Å². The molecule has 0 amide bonds. The maximum atomic E-state index is 12.1. The summed E-state index contributed by atoms with van der Waals surface area (Å²) < 4.78 is 20.0. The molecule has 0 aliphatic carbocycles. The van der Waals surface area contributed by atoms with Gasteiger partial charge in [0.15, 0.2) is 5.58 Å². The van der Waals surface area contributed by atoms with Crippen molar-refractivity contribution in [2.45, 2.75) is 45.4 Å². The van der Waals surface area contributed by atoms with E-state index in [2.05, 4.69) is 14.9 Å². The minimum Gasteiger partial charge on any atom is -0.598 e. The van der Waals surface area contributed by atoms with Gasteiger partial charge in [0.05, 0.1) is 23.6 Å². The zero-order valence-corrected chi connectivity index (χ0v) is 12.7. The minimum absolute atomic E-state index is 0.0984. The molecule has 0 saturated carbocycles. The zero-order chi connectivity index (χ0) is 14.2. The lowest BCUT2D eigenvalue weighted by Gasteiger charge is -2.26. The normalized spacial score (nSPS) is 15.7. The van der Waals surface area contributed by atoms with E-state index in [-0.39, 0.29) is 10.8 Å². The Morgan fingerprint density at radius 2 is 2.11 bits per heavy atom. The fourth-order valence-corrected chi connectivity index (χ4v) is 2.41. The first-order valence-electron chi connectivity index (χ1n) is 6.19. The molecule has 0 aromatic carbocycles. The minimum atomic E-state index is -1.13. The SMILES string of the molecule is Cc1noc2cnc([C@@H](C)N[S@+]([O-])C(C)(C)C)cc12. The van der Waals surface area contributed by atoms with E-state index in [9.17, 15) is 4.55 Å². The molecule has 0 bridgehead atoms. The van der Waals surface area contributed by atoms with Gasteiger partial charge >= 0.3 is 0 Å². The number of nitrogens with zero attached hydrogens (tertiary/aromatic N) is 2. The Morgan fingerprint density at radius 1 is 1.42 bits per heavy atom. The highest BCUT2D eigenvalue weighted by Crippen LogP contribution is 2.22. The third kappa shape index (κ3) is 3.08. The van der Waals surface area contributed by atoms with E-state index in [4.69, 9.17) is 4.52 Å². The van der Waals surface area contributed by atoms with E-state index in [1.54, 1.807) is 6.20 Å². The highest BCUT2D eigenvalue weighted by Gasteiger charge is 2.28. The molecular weight excluding hydrogens is 262 g/mol. The third-order valence-electron chi connectivity index (χ3n) is 2.84. The first-order chi connectivity index (χ1) is 8.79. The summed E-state index contributed by atoms with van der Waals surface area (Å²) in [5, 5.41) is 4.85. The Morgan fingerprint density at radius 3 is 2.74 bits per heavy atom. The molecule has 2 aromatic heterocycles. The molecular formula is C13H19N3O2S. The molecule has 0 unspecified atom stereocenters. The van der Waals surface area contributed by atoms with Crippen molar-refractivity contribution in [1.82, 2.24) is 14.9 Å². The lowest BCUT2D eigenvalue weighted by molar-refractivity contribution is 0.449. The molecule has 2 rings (SSSR count). The van der Waals surface area contributed by atoms with Crippen molar-refractivity contribution < 1.29 is 9.08 Å². The van der Waals surface area contributed by atoms with Crippen molar-refractivity contribution in [2.75, 3.05) is 0 Å². The molecule has 2 heterocycles. The highest BCUT2D eigenvalue weighted by molar-refractivity contribution is 7.90. The number of hydrogen-bond donors (Lipinski definition) is 1. The van der Waals surface area contributed by atoms with E-state index < -0.39 is 11.4 Å². The number of aromatic nitrogens is 2. The fraction of sp³-hybridized carbons (Fsp3) is 0.538. The Hall–Kier alpha value is -1.11. The fourth-order valence-electron chi connectivity index (χ4n) is 1.62. The number of pyridine rings is 1. The topological polar surface area (TPSA) is 74.0 Å². The van der Waals surface area contributed by atoms with E-state index >= 15 is 0 Å². The third-order valence-corrected chi connectivity index (χ3v) is 4.52. The average Bonchev–Trinajstić information content (AvgIpc) is 2.69. The largest absolute Gasteiger partial charge is 0.598 e. The van der Waals surface area contributed by atoms with Gasteiger partial charge in [0.1, 0.15) is 4.75 Å². The summed E-state index contributed by atoms with van der Waals surface area (Å²) in [4.78, 5) is 4.32. The molecule has 2 atom stereocenters. The van der Waals surface area contributed by atoms with E-state index in [0.29, 0.717) is 5.58 Å². The molecule has 1 N–H and O–H groups in total. The molecule has 6 heteroatoms. The summed E-state index contributed by atoms with van der Waals surface area (Å²) >= 11 is -1.13. The zero-order valence-electron chi connectivity index (χ0n) is 11.9. The van der Waals surface area contributed by atoms with Crippen LogP contribution in [0, 0.1) is 6.92 Å². The lowest BCUT2D eigenvalue weighted by Crippen LogP contribution is -2.40. The average molecular weight is 281 g/mol. The first kappa shape index (κ1) is 14.3. The molecule has 5 nitrogen and oxygen atoms in total. The van der Waals surface area contributed by atoms with Crippen LogP contribution < -0.4 is 4.72 Å². The molecule has 0 aliphatic rings. The molecule has 0 spiro atoms. The summed E-state index contributed by atoms with van der Waals surface area (Å²) in [6.45, 7) is 9.64. The van der Waals surface area contributed by atoms with Crippen LogP contribution in [0.5, 0.6) is 0 Å². The highest BCUT2D eigenvalue weighted by atomic mass is 32.2.